The van der Waals surface area contributed by atoms with Crippen LogP contribution in [0.3, 0.4) is 0 Å². The molecule has 9 nitrogen and oxygen atoms in total. The van der Waals surface area contributed by atoms with E-state index in [9.17, 15) is 19.8 Å². The van der Waals surface area contributed by atoms with E-state index in [1.54, 1.807) is 36.4 Å². The molecule has 1 fully saturated rings. The van der Waals surface area contributed by atoms with Crippen LogP contribution in [0, 0.1) is 0 Å². The van der Waals surface area contributed by atoms with Crippen LogP contribution in [0.15, 0.2) is 64.3 Å². The predicted molar refractivity (Wildman–Crippen MR) is 127 cm³/mol. The van der Waals surface area contributed by atoms with Gasteiger partial charge in [0.2, 0.25) is 5.78 Å². The number of methoxy groups -OCH3 is 1. The number of hydrogen-bond donors (Lipinski definition) is 2. The smallest absolute Gasteiger partial charge is 0.290 e. The molecule has 0 saturated carbocycles. The van der Waals surface area contributed by atoms with E-state index >= 15 is 0 Å². The Hall–Kier alpha value is -3.82. The molecule has 5 rings (SSSR count). The second-order valence-electron chi connectivity index (χ2n) is 8.53. The van der Waals surface area contributed by atoms with Gasteiger partial charge >= 0.3 is 0 Å². The maximum atomic E-state index is 13.7. The molecule has 0 radical (unpaired) electrons. The van der Waals surface area contributed by atoms with E-state index in [0.29, 0.717) is 48.6 Å². The normalized spacial score (nSPS) is 19.1. The van der Waals surface area contributed by atoms with Crippen molar-refractivity contribution in [2.75, 3.05) is 46.5 Å². The van der Waals surface area contributed by atoms with E-state index in [0.717, 1.165) is 13.1 Å². The molecule has 1 amide bonds. The molecule has 0 spiro atoms. The number of morpholine rings is 1. The topological polar surface area (TPSA) is 113 Å². The molecule has 35 heavy (non-hydrogen) atoms. The summed E-state index contributed by atoms with van der Waals surface area (Å²) in [7, 11) is 1.51. The Morgan fingerprint density at radius 3 is 2.54 bits per heavy atom. The van der Waals surface area contributed by atoms with E-state index in [4.69, 9.17) is 13.9 Å². The highest BCUT2D eigenvalue weighted by Gasteiger charge is 2.44. The van der Waals surface area contributed by atoms with Crippen molar-refractivity contribution in [1.82, 2.24) is 9.80 Å². The number of ether oxygens (including phenoxy) is 2. The summed E-state index contributed by atoms with van der Waals surface area (Å²) in [4.78, 5) is 30.5. The molecular weight excluding hydrogens is 452 g/mol. The number of phenolic OH excluding ortho intramolecular Hbond substituents is 1. The number of ketones is 1. The summed E-state index contributed by atoms with van der Waals surface area (Å²) in [6, 6.07) is 12.3. The molecular formula is C26H26N2O7. The molecule has 0 aliphatic carbocycles. The zero-order chi connectivity index (χ0) is 24.5. The van der Waals surface area contributed by atoms with Gasteiger partial charge in [0, 0.05) is 31.6 Å². The molecule has 2 aliphatic rings. The van der Waals surface area contributed by atoms with Crippen LogP contribution in [0.25, 0.3) is 11.0 Å². The Balaban J connectivity index is 1.51. The van der Waals surface area contributed by atoms with Crippen molar-refractivity contribution in [2.24, 2.45) is 0 Å². The second-order valence-corrected chi connectivity index (χ2v) is 8.53. The first-order valence-electron chi connectivity index (χ1n) is 11.4. The third kappa shape index (κ3) is 4.24. The van der Waals surface area contributed by atoms with Crippen molar-refractivity contribution in [3.63, 3.8) is 0 Å². The number of rotatable bonds is 7. The van der Waals surface area contributed by atoms with Crippen LogP contribution in [-0.2, 0) is 9.53 Å². The Kier molecular flexibility index (Phi) is 6.19. The number of benzene rings is 2. The van der Waals surface area contributed by atoms with Gasteiger partial charge in [-0.1, -0.05) is 24.3 Å². The van der Waals surface area contributed by atoms with Crippen LogP contribution >= 0.6 is 0 Å². The number of furan rings is 1. The SMILES string of the molecule is COc1cccc2cc(C(=O)C3=C(O)C(=O)N(CCN4CCOCC4)C3c3ccc(O)cc3)oc12. The quantitative estimate of drug-likeness (QED) is 0.499. The number of Topliss-reactive ketones (excluding diaryl/α,β-unsaturated/α-hetero) is 1. The molecule has 9 heteroatoms. The number of carbonyl (C=O) groups is 2. The lowest BCUT2D eigenvalue weighted by Crippen LogP contribution is -2.43. The minimum Gasteiger partial charge on any atom is -0.508 e. The van der Waals surface area contributed by atoms with Crippen molar-refractivity contribution in [3.05, 3.63) is 71.2 Å². The summed E-state index contributed by atoms with van der Waals surface area (Å²) in [6.45, 7) is 3.62. The average molecular weight is 479 g/mol. The highest BCUT2D eigenvalue weighted by molar-refractivity contribution is 6.16. The molecule has 2 N–H and O–H groups in total. The highest BCUT2D eigenvalue weighted by atomic mass is 16.5. The predicted octanol–water partition coefficient (Wildman–Crippen LogP) is 3.06. The van der Waals surface area contributed by atoms with Crippen molar-refractivity contribution in [1.29, 1.82) is 0 Å². The lowest BCUT2D eigenvalue weighted by Gasteiger charge is -2.31. The van der Waals surface area contributed by atoms with E-state index in [-0.39, 0.29) is 17.1 Å². The number of nitrogens with zero attached hydrogens (tertiary/aromatic N) is 2. The second kappa shape index (κ2) is 9.44. The van der Waals surface area contributed by atoms with Crippen LogP contribution in [0.1, 0.15) is 22.2 Å². The fraction of sp³-hybridized carbons (Fsp3) is 0.308. The lowest BCUT2D eigenvalue weighted by molar-refractivity contribution is -0.129. The van der Waals surface area contributed by atoms with Gasteiger partial charge in [-0.2, -0.15) is 0 Å². The van der Waals surface area contributed by atoms with E-state index in [2.05, 4.69) is 4.90 Å². The Morgan fingerprint density at radius 1 is 1.09 bits per heavy atom. The van der Waals surface area contributed by atoms with Gasteiger partial charge in [-0.25, -0.2) is 0 Å². The number of hydrogen-bond acceptors (Lipinski definition) is 8. The molecule has 1 saturated heterocycles. The molecule has 1 atom stereocenters. The summed E-state index contributed by atoms with van der Waals surface area (Å²) >= 11 is 0. The van der Waals surface area contributed by atoms with Crippen LogP contribution in [0.5, 0.6) is 11.5 Å². The van der Waals surface area contributed by atoms with Gasteiger partial charge in [0.05, 0.1) is 31.9 Å². The molecule has 1 unspecified atom stereocenters. The highest BCUT2D eigenvalue weighted by Crippen LogP contribution is 2.40. The Labute approximate surface area is 201 Å². The zero-order valence-electron chi connectivity index (χ0n) is 19.3. The number of phenols is 1. The largest absolute Gasteiger partial charge is 0.508 e. The molecule has 182 valence electrons. The van der Waals surface area contributed by atoms with Gasteiger partial charge in [-0.05, 0) is 29.8 Å². The maximum Gasteiger partial charge on any atom is 0.290 e. The molecule has 2 aliphatic heterocycles. The van der Waals surface area contributed by atoms with Crippen LogP contribution in [0.4, 0.5) is 0 Å². The van der Waals surface area contributed by atoms with Gasteiger partial charge < -0.3 is 29.0 Å². The average Bonchev–Trinajstić information content (AvgIpc) is 3.43. The van der Waals surface area contributed by atoms with Gasteiger partial charge in [-0.3, -0.25) is 14.5 Å². The number of carbonyl (C=O) groups excluding carboxylic acids is 2. The van der Waals surface area contributed by atoms with Gasteiger partial charge in [0.15, 0.2) is 22.9 Å². The minimum absolute atomic E-state index is 0.00217. The summed E-state index contributed by atoms with van der Waals surface area (Å²) in [5, 5.41) is 21.3. The van der Waals surface area contributed by atoms with Crippen LogP contribution in [-0.4, -0.2) is 78.2 Å². The maximum absolute atomic E-state index is 13.7. The lowest BCUT2D eigenvalue weighted by atomic mass is 9.95. The van der Waals surface area contributed by atoms with Gasteiger partial charge in [-0.15, -0.1) is 0 Å². The number of fused-ring (bicyclic) bond motifs is 1. The van der Waals surface area contributed by atoms with Gasteiger partial charge in [0.25, 0.3) is 5.91 Å². The summed E-state index contributed by atoms with van der Waals surface area (Å²) < 4.78 is 16.5. The van der Waals surface area contributed by atoms with Gasteiger partial charge in [0.1, 0.15) is 5.75 Å². The first-order chi connectivity index (χ1) is 17.0. The molecule has 0 bridgehead atoms. The monoisotopic (exact) mass is 478 g/mol. The molecule has 3 aromatic rings. The Bertz CT molecular complexity index is 1290. The number of amides is 1. The fourth-order valence-electron chi connectivity index (χ4n) is 4.64. The fourth-order valence-corrected chi connectivity index (χ4v) is 4.64. The third-order valence-corrected chi connectivity index (χ3v) is 6.47. The number of aliphatic hydroxyl groups excluding tert-OH is 1. The van der Waals surface area contributed by atoms with Crippen LogP contribution in [0.2, 0.25) is 0 Å². The van der Waals surface area contributed by atoms with E-state index in [1.807, 2.05) is 0 Å². The van der Waals surface area contributed by atoms with Crippen molar-refractivity contribution in [2.45, 2.75) is 6.04 Å². The standard InChI is InChI=1S/C26H26N2O7/c1-33-19-4-2-3-17-15-20(35-25(17)19)23(30)21-22(16-5-7-18(29)8-6-16)28(26(32)24(21)31)10-9-27-11-13-34-14-12-27/h2-8,15,22,29,31H,9-14H2,1H3. The van der Waals surface area contributed by atoms with Crippen molar-refractivity contribution >= 4 is 22.7 Å². The van der Waals surface area contributed by atoms with E-state index < -0.39 is 23.5 Å². The number of aromatic hydroxyl groups is 1. The van der Waals surface area contributed by atoms with Crippen LogP contribution < -0.4 is 4.74 Å². The summed E-state index contributed by atoms with van der Waals surface area (Å²) in [6.07, 6.45) is 0. The minimum atomic E-state index is -0.827. The van der Waals surface area contributed by atoms with E-state index in [1.165, 1.54) is 24.1 Å². The summed E-state index contributed by atoms with van der Waals surface area (Å²) in [5.41, 5.74) is 0.952. The molecule has 3 heterocycles. The van der Waals surface area contributed by atoms with Crippen molar-refractivity contribution < 1.29 is 33.7 Å². The Morgan fingerprint density at radius 2 is 1.83 bits per heavy atom. The molecule has 1 aromatic heterocycles. The number of aliphatic hydroxyl groups is 1. The third-order valence-electron chi connectivity index (χ3n) is 6.47. The van der Waals surface area contributed by atoms with Crippen molar-refractivity contribution in [3.8, 4) is 11.5 Å². The first-order valence-corrected chi connectivity index (χ1v) is 11.4. The first kappa shape index (κ1) is 22.9. The number of para-hydroxylation sites is 1. The zero-order valence-corrected chi connectivity index (χ0v) is 19.3. The molecule has 2 aromatic carbocycles. The summed E-state index contributed by atoms with van der Waals surface area (Å²) in [5.74, 6) is -1.26.